The number of hydrogen-bond donors (Lipinski definition) is 4. The van der Waals surface area contributed by atoms with Gasteiger partial charge in [0.25, 0.3) is 11.8 Å². The van der Waals surface area contributed by atoms with Gasteiger partial charge in [-0.05, 0) is 93.3 Å². The molecule has 0 saturated carbocycles. The van der Waals surface area contributed by atoms with Gasteiger partial charge in [0.05, 0.1) is 31.7 Å². The molecule has 6 amide bonds. The molecule has 8 rings (SSSR count). The summed E-state index contributed by atoms with van der Waals surface area (Å²) < 4.78 is 1.87. The molecule has 59 heavy (non-hydrogen) atoms. The van der Waals surface area contributed by atoms with Crippen LogP contribution in [0.1, 0.15) is 83.8 Å². The van der Waals surface area contributed by atoms with Crippen LogP contribution in [0.5, 0.6) is 0 Å². The maximum atomic E-state index is 12.7. The van der Waals surface area contributed by atoms with Gasteiger partial charge in [-0.3, -0.25) is 24.5 Å². The first kappa shape index (κ1) is 39.8. The molecular formula is C42H53N12O5+. The Hall–Kier alpha value is -5.97. The highest BCUT2D eigenvalue weighted by Gasteiger charge is 2.35. The number of primary amides is 1. The predicted octanol–water partition coefficient (Wildman–Crippen LogP) is 2.46. The molecule has 1 atom stereocenters. The molecule has 5 aliphatic rings. The van der Waals surface area contributed by atoms with Gasteiger partial charge in [0.15, 0.2) is 11.5 Å². The van der Waals surface area contributed by atoms with E-state index in [0.29, 0.717) is 43.1 Å². The summed E-state index contributed by atoms with van der Waals surface area (Å²) in [5, 5.41) is 8.24. The number of benzene rings is 1. The number of rotatable bonds is 10. The van der Waals surface area contributed by atoms with E-state index in [4.69, 9.17) is 10.7 Å². The van der Waals surface area contributed by atoms with Crippen molar-refractivity contribution < 1.29 is 28.5 Å². The topological polar surface area (TPSA) is 202 Å². The molecule has 2 aromatic heterocycles. The van der Waals surface area contributed by atoms with Gasteiger partial charge >= 0.3 is 6.03 Å². The molecule has 0 aliphatic carbocycles. The minimum atomic E-state index is -0.731. The van der Waals surface area contributed by atoms with Crippen LogP contribution >= 0.6 is 0 Å². The van der Waals surface area contributed by atoms with Crippen molar-refractivity contribution in [3.63, 3.8) is 0 Å². The van der Waals surface area contributed by atoms with Gasteiger partial charge < -0.3 is 31.1 Å². The Balaban J connectivity index is 0.796. The molecule has 310 valence electrons. The molecule has 0 bridgehead atoms. The second-order valence-electron chi connectivity index (χ2n) is 16.4. The highest BCUT2D eigenvalue weighted by molar-refractivity contribution is 6.03. The summed E-state index contributed by atoms with van der Waals surface area (Å²) >= 11 is 0. The fraction of sp³-hybridized carbons (Fsp3) is 0.500. The standard InChI is InChI=1S/C42H52N12O5/c1-50-21-22-54(42(50)59)32-3-2-16-53(26-32)35-24-45-37(38(43)56)39(48-35)46-30-6-4-28(5-7-30)29-14-17-51(18-15-29)25-27-12-19-52(20-13-27)31-8-9-33(44-23-31)40(57)47-34-10-11-36(55)49-41(34)58/h4-9,23-24,27,29,34H,2-3,10-22,25-26H2,1H3,(H4-,43,46,47,48,49,55,56,57,58)/p+1/b54-32-/t34-/m0/s1. The number of amides is 6. The molecule has 5 N–H and O–H groups in total. The van der Waals surface area contributed by atoms with E-state index in [1.807, 2.05) is 29.8 Å². The first-order chi connectivity index (χ1) is 28.6. The number of aromatic nitrogens is 3. The van der Waals surface area contributed by atoms with E-state index in [-0.39, 0.29) is 36.2 Å². The van der Waals surface area contributed by atoms with Crippen molar-refractivity contribution in [2.75, 3.05) is 81.1 Å². The SMILES string of the molecule is CN1CC/[N+](=C2\CCCN(c3cnc(C(N)=O)c(Nc4ccc(C5CCN(CC6CCN(c7ccc(C(=O)N[C@H]8CCC(=O)NC8=O)nc7)CC6)CC5)cc4)n3)C2)C1=O. The Labute approximate surface area is 343 Å². The van der Waals surface area contributed by atoms with Crippen LogP contribution in [0.15, 0.2) is 48.8 Å². The van der Waals surface area contributed by atoms with Crippen LogP contribution in [0.25, 0.3) is 0 Å². The van der Waals surface area contributed by atoms with E-state index in [0.717, 1.165) is 94.9 Å². The largest absolute Gasteiger partial charge is 0.493 e. The fourth-order valence-corrected chi connectivity index (χ4v) is 8.94. The van der Waals surface area contributed by atoms with Gasteiger partial charge in [0, 0.05) is 44.7 Å². The molecule has 5 aliphatic heterocycles. The smallest absolute Gasteiger partial charge is 0.370 e. The van der Waals surface area contributed by atoms with Crippen LogP contribution in [0.2, 0.25) is 0 Å². The van der Waals surface area contributed by atoms with Gasteiger partial charge in [0.2, 0.25) is 11.8 Å². The second kappa shape index (κ2) is 17.5. The molecule has 5 fully saturated rings. The summed E-state index contributed by atoms with van der Waals surface area (Å²) in [6.07, 6.45) is 9.91. The number of anilines is 4. The van der Waals surface area contributed by atoms with Crippen LogP contribution in [0.3, 0.4) is 0 Å². The van der Waals surface area contributed by atoms with E-state index in [9.17, 15) is 24.0 Å². The lowest BCUT2D eigenvalue weighted by Crippen LogP contribution is -2.52. The Bertz CT molecular complexity index is 2110. The van der Waals surface area contributed by atoms with E-state index in [2.05, 4.69) is 52.8 Å². The van der Waals surface area contributed by atoms with Crippen LogP contribution in [-0.2, 0) is 9.59 Å². The lowest BCUT2D eigenvalue weighted by atomic mass is 9.88. The number of pyridine rings is 1. The Morgan fingerprint density at radius 1 is 0.881 bits per heavy atom. The zero-order chi connectivity index (χ0) is 41.0. The number of nitrogens with two attached hydrogens (primary N) is 1. The van der Waals surface area contributed by atoms with E-state index in [1.54, 1.807) is 23.4 Å². The van der Waals surface area contributed by atoms with Crippen molar-refractivity contribution in [1.82, 2.24) is 35.4 Å². The molecular weight excluding hydrogens is 753 g/mol. The quantitative estimate of drug-likeness (QED) is 0.173. The van der Waals surface area contributed by atoms with Crippen LogP contribution in [-0.4, -0.2) is 137 Å². The summed E-state index contributed by atoms with van der Waals surface area (Å²) in [7, 11) is 1.82. The summed E-state index contributed by atoms with van der Waals surface area (Å²) in [5.41, 5.74) is 10.2. The number of likely N-dealkylation sites (N-methyl/N-ethyl adjacent to an activating group) is 1. The second-order valence-corrected chi connectivity index (χ2v) is 16.4. The third-order valence-corrected chi connectivity index (χ3v) is 12.4. The molecule has 17 heteroatoms. The summed E-state index contributed by atoms with van der Waals surface area (Å²) in [6, 6.07) is 11.3. The third kappa shape index (κ3) is 9.19. The Kier molecular flexibility index (Phi) is 11.8. The molecule has 1 aromatic carbocycles. The maximum absolute atomic E-state index is 12.7. The monoisotopic (exact) mass is 805 g/mol. The van der Waals surface area contributed by atoms with E-state index in [1.165, 1.54) is 5.56 Å². The Morgan fingerprint density at radius 3 is 2.34 bits per heavy atom. The fourth-order valence-electron chi connectivity index (χ4n) is 8.94. The van der Waals surface area contributed by atoms with Gasteiger partial charge in [-0.25, -0.2) is 19.9 Å². The minimum absolute atomic E-state index is 0.0302. The number of likely N-dealkylation sites (tertiary alicyclic amines) is 1. The minimum Gasteiger partial charge on any atom is -0.370 e. The number of hydrogen-bond acceptors (Lipinski definition) is 12. The average molecular weight is 806 g/mol. The first-order valence-corrected chi connectivity index (χ1v) is 20.8. The molecule has 17 nitrogen and oxygen atoms in total. The number of nitrogens with one attached hydrogen (secondary N) is 3. The highest BCUT2D eigenvalue weighted by atomic mass is 16.2. The number of imide groups is 1. The third-order valence-electron chi connectivity index (χ3n) is 12.4. The van der Waals surface area contributed by atoms with Gasteiger partial charge in [-0.2, -0.15) is 9.37 Å². The van der Waals surface area contributed by atoms with Gasteiger partial charge in [0.1, 0.15) is 36.4 Å². The predicted molar refractivity (Wildman–Crippen MR) is 221 cm³/mol. The van der Waals surface area contributed by atoms with Crippen molar-refractivity contribution >= 4 is 58.4 Å². The van der Waals surface area contributed by atoms with Crippen molar-refractivity contribution in [2.24, 2.45) is 11.7 Å². The van der Waals surface area contributed by atoms with Crippen molar-refractivity contribution in [1.29, 1.82) is 0 Å². The van der Waals surface area contributed by atoms with Crippen LogP contribution in [0.4, 0.5) is 27.8 Å². The number of nitrogens with zero attached hydrogens (tertiary/aromatic N) is 8. The lowest BCUT2D eigenvalue weighted by Gasteiger charge is -2.38. The summed E-state index contributed by atoms with van der Waals surface area (Å²) in [5.74, 6) is 0.153. The highest BCUT2D eigenvalue weighted by Crippen LogP contribution is 2.32. The Morgan fingerprint density at radius 2 is 1.66 bits per heavy atom. The van der Waals surface area contributed by atoms with Crippen LogP contribution < -0.4 is 31.5 Å². The van der Waals surface area contributed by atoms with Crippen molar-refractivity contribution in [3.8, 4) is 0 Å². The number of urea groups is 1. The first-order valence-electron chi connectivity index (χ1n) is 20.8. The zero-order valence-electron chi connectivity index (χ0n) is 33.6. The molecule has 7 heterocycles. The molecule has 5 saturated heterocycles. The number of piperidine rings is 4. The molecule has 3 aromatic rings. The lowest BCUT2D eigenvalue weighted by molar-refractivity contribution is -0.413. The van der Waals surface area contributed by atoms with Gasteiger partial charge in [-0.1, -0.05) is 12.1 Å². The zero-order valence-corrected chi connectivity index (χ0v) is 33.6. The van der Waals surface area contributed by atoms with Gasteiger partial charge in [-0.15, -0.1) is 0 Å². The van der Waals surface area contributed by atoms with E-state index >= 15 is 0 Å². The van der Waals surface area contributed by atoms with E-state index < -0.39 is 23.8 Å². The number of carbonyl (C=O) groups excluding carboxylic acids is 5. The normalized spacial score (nSPS) is 22.4. The van der Waals surface area contributed by atoms with Crippen molar-refractivity contribution in [3.05, 3.63) is 65.7 Å². The van der Waals surface area contributed by atoms with Crippen molar-refractivity contribution in [2.45, 2.75) is 63.3 Å². The maximum Gasteiger partial charge on any atom is 0.493 e. The number of carbonyl (C=O) groups is 5. The molecule has 0 spiro atoms. The van der Waals surface area contributed by atoms with Crippen LogP contribution in [0, 0.1) is 5.92 Å². The average Bonchev–Trinajstić information content (AvgIpc) is 3.59. The molecule has 0 unspecified atom stereocenters. The summed E-state index contributed by atoms with van der Waals surface area (Å²) in [6.45, 7) is 7.81. The summed E-state index contributed by atoms with van der Waals surface area (Å²) in [4.78, 5) is 83.4. The molecule has 0 radical (unpaired) electrons.